The number of hydrogen-bond donors (Lipinski definition) is 2. The molecule has 1 aliphatic heterocycles. The van der Waals surface area contributed by atoms with Gasteiger partial charge in [0.15, 0.2) is 0 Å². The first-order valence-electron chi connectivity index (χ1n) is 10.8. The minimum absolute atomic E-state index is 0.0381. The molecule has 1 saturated heterocycles. The molecule has 9 nitrogen and oxygen atoms in total. The number of aromatic nitrogens is 2. The fourth-order valence-corrected chi connectivity index (χ4v) is 4.03. The molecule has 0 saturated carbocycles. The molecule has 1 aromatic carbocycles. The van der Waals surface area contributed by atoms with E-state index in [0.29, 0.717) is 41.2 Å². The minimum atomic E-state index is -0.373. The Balaban J connectivity index is 1.53. The van der Waals surface area contributed by atoms with Crippen molar-refractivity contribution in [3.63, 3.8) is 0 Å². The molecule has 2 unspecified atom stereocenters. The third-order valence-electron chi connectivity index (χ3n) is 5.26. The Morgan fingerprint density at radius 2 is 1.93 bits per heavy atom. The van der Waals surface area contributed by atoms with Gasteiger partial charge in [0.1, 0.15) is 17.8 Å². The van der Waals surface area contributed by atoms with Crippen LogP contribution >= 0.6 is 0 Å². The van der Waals surface area contributed by atoms with E-state index in [2.05, 4.69) is 39.3 Å². The summed E-state index contributed by atoms with van der Waals surface area (Å²) in [5.74, 6) is 0.641. The van der Waals surface area contributed by atoms with Crippen molar-refractivity contribution >= 4 is 28.1 Å². The highest BCUT2D eigenvalue weighted by atomic mass is 16.6. The lowest BCUT2D eigenvalue weighted by Gasteiger charge is -2.35. The Morgan fingerprint density at radius 3 is 2.63 bits per heavy atom. The number of nitrogens with zero attached hydrogens (tertiary/aromatic N) is 4. The van der Waals surface area contributed by atoms with Crippen LogP contribution < -0.4 is 10.6 Å². The molecule has 2 heterocycles. The Hall–Kier alpha value is -2.52. The van der Waals surface area contributed by atoms with Gasteiger partial charge in [0.2, 0.25) is 0 Å². The number of benzene rings is 1. The van der Waals surface area contributed by atoms with E-state index in [1.54, 1.807) is 12.1 Å². The summed E-state index contributed by atoms with van der Waals surface area (Å²) in [6, 6.07) is 3.27. The predicted octanol–water partition coefficient (Wildman–Crippen LogP) is 3.66. The van der Waals surface area contributed by atoms with Crippen molar-refractivity contribution in [2.24, 2.45) is 0 Å². The van der Waals surface area contributed by atoms with Crippen molar-refractivity contribution in [3.05, 3.63) is 28.6 Å². The van der Waals surface area contributed by atoms with Gasteiger partial charge in [0.25, 0.3) is 5.69 Å². The summed E-state index contributed by atoms with van der Waals surface area (Å²) < 4.78 is 5.78. The summed E-state index contributed by atoms with van der Waals surface area (Å²) in [6.07, 6.45) is 5.37. The topological polar surface area (TPSA) is 105 Å². The summed E-state index contributed by atoms with van der Waals surface area (Å²) >= 11 is 0. The number of fused-ring (bicyclic) bond motifs is 1. The van der Waals surface area contributed by atoms with Gasteiger partial charge in [-0.3, -0.25) is 15.0 Å². The zero-order valence-electron chi connectivity index (χ0n) is 18.1. The Morgan fingerprint density at radius 1 is 1.17 bits per heavy atom. The van der Waals surface area contributed by atoms with Crippen molar-refractivity contribution in [2.45, 2.75) is 52.2 Å². The summed E-state index contributed by atoms with van der Waals surface area (Å²) in [7, 11) is 0. The van der Waals surface area contributed by atoms with Crippen LogP contribution in [-0.2, 0) is 4.74 Å². The zero-order valence-corrected chi connectivity index (χ0v) is 18.1. The molecular formula is C21H32N6O3. The quantitative estimate of drug-likeness (QED) is 0.343. The van der Waals surface area contributed by atoms with Gasteiger partial charge >= 0.3 is 0 Å². The van der Waals surface area contributed by atoms with Crippen LogP contribution in [-0.4, -0.2) is 64.7 Å². The molecule has 164 valence electrons. The Kier molecular flexibility index (Phi) is 7.75. The highest BCUT2D eigenvalue weighted by molar-refractivity contribution is 5.94. The fraction of sp³-hybridized carbons (Fsp3) is 0.619. The zero-order chi connectivity index (χ0) is 21.5. The number of rotatable bonds is 10. The summed E-state index contributed by atoms with van der Waals surface area (Å²) in [5.41, 5.74) is 1.20. The predicted molar refractivity (Wildman–Crippen MR) is 119 cm³/mol. The van der Waals surface area contributed by atoms with E-state index in [0.717, 1.165) is 45.4 Å². The van der Waals surface area contributed by atoms with Crippen LogP contribution in [0.5, 0.6) is 0 Å². The van der Waals surface area contributed by atoms with E-state index in [4.69, 9.17) is 4.74 Å². The first kappa shape index (κ1) is 22.2. The molecule has 2 N–H and O–H groups in total. The molecule has 0 amide bonds. The van der Waals surface area contributed by atoms with Gasteiger partial charge in [-0.25, -0.2) is 9.97 Å². The second-order valence-corrected chi connectivity index (χ2v) is 7.90. The van der Waals surface area contributed by atoms with E-state index in [9.17, 15) is 10.1 Å². The van der Waals surface area contributed by atoms with E-state index >= 15 is 0 Å². The Bertz CT molecular complexity index is 852. The molecule has 2 aromatic rings. The maximum atomic E-state index is 11.4. The SMILES string of the molecule is CCNc1cc2ncnc(NCCCCCN3CC(C)OC(C)C3)c2cc1[N+](=O)[O-]. The first-order chi connectivity index (χ1) is 14.5. The molecule has 0 radical (unpaired) electrons. The van der Waals surface area contributed by atoms with Gasteiger partial charge < -0.3 is 15.4 Å². The molecule has 3 rings (SSSR count). The van der Waals surface area contributed by atoms with Gasteiger partial charge in [-0.05, 0) is 46.2 Å². The lowest BCUT2D eigenvalue weighted by molar-refractivity contribution is -0.383. The standard InChI is InChI=1S/C21H32N6O3/c1-4-22-19-11-18-17(10-20(19)27(28)29)21(25-14-24-18)23-8-6-5-7-9-26-12-15(2)30-16(3)13-26/h10-11,14-16,22H,4-9,12-13H2,1-3H3,(H,23,24,25). The molecule has 1 aromatic heterocycles. The number of unbranched alkanes of at least 4 members (excludes halogenated alkanes) is 2. The van der Waals surface area contributed by atoms with Gasteiger partial charge in [0, 0.05) is 37.6 Å². The van der Waals surface area contributed by atoms with Crippen molar-refractivity contribution < 1.29 is 9.66 Å². The normalized spacial score (nSPS) is 19.7. The Labute approximate surface area is 177 Å². The molecular weight excluding hydrogens is 384 g/mol. The van der Waals surface area contributed by atoms with Crippen LogP contribution in [0.1, 0.15) is 40.0 Å². The monoisotopic (exact) mass is 416 g/mol. The van der Waals surface area contributed by atoms with Crippen LogP contribution in [0, 0.1) is 10.1 Å². The van der Waals surface area contributed by atoms with Gasteiger partial charge in [0.05, 0.1) is 22.6 Å². The van der Waals surface area contributed by atoms with Crippen LogP contribution in [0.2, 0.25) is 0 Å². The van der Waals surface area contributed by atoms with E-state index in [-0.39, 0.29) is 10.6 Å². The number of morpholine rings is 1. The van der Waals surface area contributed by atoms with Crippen LogP contribution in [0.4, 0.5) is 17.2 Å². The van der Waals surface area contributed by atoms with Crippen LogP contribution in [0.15, 0.2) is 18.5 Å². The van der Waals surface area contributed by atoms with Crippen molar-refractivity contribution in [3.8, 4) is 0 Å². The minimum Gasteiger partial charge on any atom is -0.380 e. The fourth-order valence-electron chi connectivity index (χ4n) is 4.03. The maximum Gasteiger partial charge on any atom is 0.293 e. The van der Waals surface area contributed by atoms with Crippen molar-refractivity contribution in [2.75, 3.05) is 43.4 Å². The third-order valence-corrected chi connectivity index (χ3v) is 5.26. The van der Waals surface area contributed by atoms with Gasteiger partial charge in [-0.2, -0.15) is 0 Å². The molecule has 0 bridgehead atoms. The van der Waals surface area contributed by atoms with Gasteiger partial charge in [-0.1, -0.05) is 6.42 Å². The lowest BCUT2D eigenvalue weighted by Crippen LogP contribution is -2.45. The van der Waals surface area contributed by atoms with Crippen LogP contribution in [0.3, 0.4) is 0 Å². The second kappa shape index (κ2) is 10.5. The molecule has 1 fully saturated rings. The molecule has 30 heavy (non-hydrogen) atoms. The van der Waals surface area contributed by atoms with Crippen LogP contribution in [0.25, 0.3) is 10.9 Å². The third kappa shape index (κ3) is 5.76. The highest BCUT2D eigenvalue weighted by Crippen LogP contribution is 2.31. The smallest absolute Gasteiger partial charge is 0.293 e. The average Bonchev–Trinajstić information content (AvgIpc) is 2.69. The van der Waals surface area contributed by atoms with E-state index in [1.165, 1.54) is 6.33 Å². The first-order valence-corrected chi connectivity index (χ1v) is 10.8. The molecule has 1 aliphatic rings. The second-order valence-electron chi connectivity index (χ2n) is 7.90. The molecule has 0 spiro atoms. The molecule has 9 heteroatoms. The number of nitro benzene ring substituents is 1. The number of hydrogen-bond acceptors (Lipinski definition) is 8. The summed E-state index contributed by atoms with van der Waals surface area (Å²) in [4.78, 5) is 22.1. The largest absolute Gasteiger partial charge is 0.380 e. The van der Waals surface area contributed by atoms with Crippen molar-refractivity contribution in [1.29, 1.82) is 0 Å². The summed E-state index contributed by atoms with van der Waals surface area (Å²) in [5, 5.41) is 18.5. The number of ether oxygens (including phenoxy) is 1. The maximum absolute atomic E-state index is 11.4. The molecule has 0 aliphatic carbocycles. The molecule has 2 atom stereocenters. The number of anilines is 2. The number of nitrogens with one attached hydrogen (secondary N) is 2. The average molecular weight is 417 g/mol. The number of nitro groups is 1. The highest BCUT2D eigenvalue weighted by Gasteiger charge is 2.21. The van der Waals surface area contributed by atoms with Crippen molar-refractivity contribution in [1.82, 2.24) is 14.9 Å². The van der Waals surface area contributed by atoms with E-state index in [1.807, 2.05) is 6.92 Å². The lowest BCUT2D eigenvalue weighted by atomic mass is 10.1. The van der Waals surface area contributed by atoms with Gasteiger partial charge in [-0.15, -0.1) is 0 Å². The van der Waals surface area contributed by atoms with E-state index < -0.39 is 0 Å². The summed E-state index contributed by atoms with van der Waals surface area (Å²) in [6.45, 7) is 10.6.